The quantitative estimate of drug-likeness (QED) is 0.627. The summed E-state index contributed by atoms with van der Waals surface area (Å²) in [6.07, 6.45) is -0.608. The first-order valence-corrected chi connectivity index (χ1v) is 3.59. The molecule has 0 aliphatic carbocycles. The van der Waals surface area contributed by atoms with Crippen LogP contribution in [0.5, 0.6) is 0 Å². The van der Waals surface area contributed by atoms with Crippen molar-refractivity contribution in [3.63, 3.8) is 0 Å². The smallest absolute Gasteiger partial charge is 0.429 e. The van der Waals surface area contributed by atoms with Gasteiger partial charge in [-0.3, -0.25) is 0 Å². The van der Waals surface area contributed by atoms with Crippen LogP contribution in [0, 0.1) is 6.07 Å². The summed E-state index contributed by atoms with van der Waals surface area (Å²) in [6, 6.07) is 9.44. The number of benzene rings is 1. The van der Waals surface area contributed by atoms with Crippen molar-refractivity contribution >= 4 is 23.6 Å². The maximum Gasteiger partial charge on any atom is 0.429 e. The Balaban J connectivity index is 2.78. The lowest BCUT2D eigenvalue weighted by Gasteiger charge is -2.10. The Labute approximate surface area is 75.6 Å². The molecule has 0 saturated heterocycles. The molecule has 3 nitrogen and oxygen atoms in total. The molecule has 1 amide bonds. The zero-order valence-corrected chi connectivity index (χ0v) is 7.21. The van der Waals surface area contributed by atoms with Crippen LogP contribution in [0.25, 0.3) is 0 Å². The fraction of sp³-hybridized carbons (Fsp3) is 0.125. The standard InChI is InChI=1S/C8H7ClNO2/c1-12-8(11)10(9)7-5-3-2-4-6-7/h3-6H,1H3. The number of hydrogen-bond acceptors (Lipinski definition) is 2. The van der Waals surface area contributed by atoms with Crippen molar-refractivity contribution in [2.75, 3.05) is 11.5 Å². The molecule has 1 rings (SSSR count). The largest absolute Gasteiger partial charge is 0.452 e. The molecule has 4 heteroatoms. The number of amides is 1. The van der Waals surface area contributed by atoms with Crippen molar-refractivity contribution in [2.24, 2.45) is 0 Å². The number of anilines is 1. The van der Waals surface area contributed by atoms with Crippen molar-refractivity contribution in [1.29, 1.82) is 0 Å². The zero-order chi connectivity index (χ0) is 8.97. The third-order valence-electron chi connectivity index (χ3n) is 1.26. The lowest BCUT2D eigenvalue weighted by molar-refractivity contribution is 0.183. The molecule has 1 aromatic carbocycles. The molecule has 12 heavy (non-hydrogen) atoms. The van der Waals surface area contributed by atoms with Crippen LogP contribution in [-0.4, -0.2) is 13.2 Å². The van der Waals surface area contributed by atoms with Crippen molar-refractivity contribution in [1.82, 2.24) is 0 Å². The van der Waals surface area contributed by atoms with Gasteiger partial charge in [0, 0.05) is 11.8 Å². The van der Waals surface area contributed by atoms with Gasteiger partial charge in [0.25, 0.3) is 0 Å². The summed E-state index contributed by atoms with van der Waals surface area (Å²) in [5.74, 6) is 0. The van der Waals surface area contributed by atoms with E-state index in [-0.39, 0.29) is 0 Å². The highest BCUT2D eigenvalue weighted by Crippen LogP contribution is 2.15. The van der Waals surface area contributed by atoms with Crippen LogP contribution in [-0.2, 0) is 4.74 Å². The molecule has 0 saturated carbocycles. The molecule has 0 unspecified atom stereocenters. The van der Waals surface area contributed by atoms with E-state index in [2.05, 4.69) is 10.8 Å². The van der Waals surface area contributed by atoms with Crippen LogP contribution in [0.15, 0.2) is 24.3 Å². The molecule has 63 valence electrons. The van der Waals surface area contributed by atoms with Gasteiger partial charge in [-0.2, -0.15) is 4.42 Å². The highest BCUT2D eigenvalue weighted by atomic mass is 35.5. The van der Waals surface area contributed by atoms with Crippen molar-refractivity contribution < 1.29 is 9.53 Å². The van der Waals surface area contributed by atoms with Gasteiger partial charge >= 0.3 is 6.09 Å². The van der Waals surface area contributed by atoms with Gasteiger partial charge in [-0.1, -0.05) is 12.1 Å². The second-order valence-electron chi connectivity index (χ2n) is 2.01. The fourth-order valence-corrected chi connectivity index (χ4v) is 0.876. The third kappa shape index (κ3) is 1.89. The van der Waals surface area contributed by atoms with E-state index in [0.29, 0.717) is 5.69 Å². The average molecular weight is 185 g/mol. The molecular weight excluding hydrogens is 178 g/mol. The summed E-state index contributed by atoms with van der Waals surface area (Å²) in [5.41, 5.74) is 0.558. The second-order valence-corrected chi connectivity index (χ2v) is 2.35. The first-order valence-electron chi connectivity index (χ1n) is 3.25. The van der Waals surface area contributed by atoms with Gasteiger partial charge in [0.15, 0.2) is 0 Å². The van der Waals surface area contributed by atoms with Crippen LogP contribution in [0.3, 0.4) is 0 Å². The maximum atomic E-state index is 10.9. The Morgan fingerprint density at radius 3 is 2.67 bits per heavy atom. The molecule has 0 spiro atoms. The van der Waals surface area contributed by atoms with Gasteiger partial charge in [0.05, 0.1) is 12.8 Å². The topological polar surface area (TPSA) is 29.5 Å². The van der Waals surface area contributed by atoms with Gasteiger partial charge in [0.2, 0.25) is 0 Å². The normalized spacial score (nSPS) is 9.17. The average Bonchev–Trinajstić information content (AvgIpc) is 2.17. The minimum atomic E-state index is -0.608. The van der Waals surface area contributed by atoms with Gasteiger partial charge in [-0.15, -0.1) is 0 Å². The van der Waals surface area contributed by atoms with Crippen LogP contribution in [0.2, 0.25) is 0 Å². The lowest BCUT2D eigenvalue weighted by Crippen LogP contribution is -2.19. The van der Waals surface area contributed by atoms with E-state index in [1.54, 1.807) is 24.3 Å². The Hall–Kier alpha value is -1.22. The van der Waals surface area contributed by atoms with Crippen LogP contribution >= 0.6 is 11.8 Å². The zero-order valence-electron chi connectivity index (χ0n) is 6.45. The van der Waals surface area contributed by atoms with Gasteiger partial charge in [-0.05, 0) is 18.2 Å². The number of halogens is 1. The second kappa shape index (κ2) is 3.97. The van der Waals surface area contributed by atoms with Crippen molar-refractivity contribution in [3.8, 4) is 0 Å². The molecule has 0 bridgehead atoms. The first-order chi connectivity index (χ1) is 5.75. The number of carbonyl (C=O) groups excluding carboxylic acids is 1. The molecular formula is C8H7ClNO2. The number of nitrogens with zero attached hydrogens (tertiary/aromatic N) is 1. The SMILES string of the molecule is COC(=O)N(Cl)c1cc[c]cc1. The van der Waals surface area contributed by atoms with Gasteiger partial charge in [-0.25, -0.2) is 4.79 Å². The van der Waals surface area contributed by atoms with E-state index >= 15 is 0 Å². The summed E-state index contributed by atoms with van der Waals surface area (Å²) in [7, 11) is 1.27. The Bertz CT molecular complexity index is 263. The predicted molar refractivity (Wildman–Crippen MR) is 46.0 cm³/mol. The lowest BCUT2D eigenvalue weighted by atomic mass is 10.3. The first kappa shape index (κ1) is 8.87. The number of rotatable bonds is 1. The van der Waals surface area contributed by atoms with Crippen LogP contribution in [0.1, 0.15) is 0 Å². The van der Waals surface area contributed by atoms with E-state index < -0.39 is 6.09 Å². The Morgan fingerprint density at radius 2 is 2.17 bits per heavy atom. The summed E-state index contributed by atoms with van der Waals surface area (Å²) >= 11 is 5.60. The number of hydrogen-bond donors (Lipinski definition) is 0. The summed E-state index contributed by atoms with van der Waals surface area (Å²) in [4.78, 5) is 10.9. The molecule has 0 aliphatic rings. The minimum absolute atomic E-state index is 0.558. The molecule has 0 aromatic heterocycles. The number of methoxy groups -OCH3 is 1. The van der Waals surface area contributed by atoms with Crippen LogP contribution in [0.4, 0.5) is 10.5 Å². The van der Waals surface area contributed by atoms with E-state index in [0.717, 1.165) is 4.42 Å². The van der Waals surface area contributed by atoms with Gasteiger partial charge in [0.1, 0.15) is 0 Å². The van der Waals surface area contributed by atoms with Crippen LogP contribution < -0.4 is 4.42 Å². The minimum Gasteiger partial charge on any atom is -0.452 e. The summed E-state index contributed by atoms with van der Waals surface area (Å²) < 4.78 is 5.31. The fourth-order valence-electron chi connectivity index (χ4n) is 0.695. The molecule has 0 fully saturated rings. The molecule has 1 radical (unpaired) electrons. The Morgan fingerprint density at radius 1 is 1.58 bits per heavy atom. The molecule has 0 aliphatic heterocycles. The summed E-state index contributed by atoms with van der Waals surface area (Å²) in [5, 5.41) is 0. The van der Waals surface area contributed by atoms with Crippen molar-refractivity contribution in [3.05, 3.63) is 30.3 Å². The highest BCUT2D eigenvalue weighted by molar-refractivity contribution is 6.35. The van der Waals surface area contributed by atoms with E-state index in [1.807, 2.05) is 0 Å². The van der Waals surface area contributed by atoms with E-state index in [4.69, 9.17) is 11.8 Å². The predicted octanol–water partition coefficient (Wildman–Crippen LogP) is 2.21. The third-order valence-corrected chi connectivity index (χ3v) is 1.60. The monoisotopic (exact) mass is 184 g/mol. The maximum absolute atomic E-state index is 10.9. The molecule has 0 heterocycles. The summed E-state index contributed by atoms with van der Waals surface area (Å²) in [6.45, 7) is 0. The number of carbonyl (C=O) groups is 1. The number of ether oxygens (including phenoxy) is 1. The molecule has 0 N–H and O–H groups in total. The van der Waals surface area contributed by atoms with Gasteiger partial charge < -0.3 is 4.74 Å². The van der Waals surface area contributed by atoms with Crippen molar-refractivity contribution in [2.45, 2.75) is 0 Å². The molecule has 0 atom stereocenters. The highest BCUT2D eigenvalue weighted by Gasteiger charge is 2.11. The van der Waals surface area contributed by atoms with E-state index in [1.165, 1.54) is 7.11 Å². The molecule has 1 aromatic rings. The van der Waals surface area contributed by atoms with E-state index in [9.17, 15) is 4.79 Å². The Kier molecular flexibility index (Phi) is 2.94.